The van der Waals surface area contributed by atoms with Crippen LogP contribution in [-0.2, 0) is 28.4 Å². The Balaban J connectivity index is 0.880. The number of hydrogen-bond acceptors (Lipinski definition) is 6. The van der Waals surface area contributed by atoms with E-state index in [2.05, 4.69) is 65.0 Å². The molecule has 0 aliphatic carbocycles. The molecular formula is C30H38O6. The maximum absolute atomic E-state index is 5.91. The highest BCUT2D eigenvalue weighted by Gasteiger charge is 3.03. The van der Waals surface area contributed by atoms with Crippen LogP contribution in [0.25, 0.3) is 0 Å². The van der Waals surface area contributed by atoms with E-state index < -0.39 is 23.5 Å². The van der Waals surface area contributed by atoms with Gasteiger partial charge in [0.25, 0.3) is 5.79 Å². The zero-order valence-corrected chi connectivity index (χ0v) is 22.2. The van der Waals surface area contributed by atoms with Crippen LogP contribution in [0.2, 0.25) is 0 Å². The van der Waals surface area contributed by atoms with Gasteiger partial charge in [-0.25, -0.2) is 0 Å². The third-order valence-electron chi connectivity index (χ3n) is 7.89. The van der Waals surface area contributed by atoms with E-state index in [4.69, 9.17) is 28.4 Å². The molecule has 9 rings (SSSR count). The SMILES string of the molecule is CC(C)=CCC/C(C)=C/CC/C(C)=C/CC/C=C(\C)CC/C=C1\COC12OC21OC1=C1C23OC1(O2)O3. The second kappa shape index (κ2) is 8.53. The van der Waals surface area contributed by atoms with Gasteiger partial charge in [0, 0.05) is 5.57 Å². The van der Waals surface area contributed by atoms with Crippen molar-refractivity contribution in [2.24, 2.45) is 0 Å². The van der Waals surface area contributed by atoms with Gasteiger partial charge in [-0.2, -0.15) is 0 Å². The second-order valence-electron chi connectivity index (χ2n) is 11.2. The molecule has 0 saturated carbocycles. The van der Waals surface area contributed by atoms with Crippen LogP contribution in [0.5, 0.6) is 0 Å². The molecule has 0 radical (unpaired) electrons. The number of rotatable bonds is 12. The van der Waals surface area contributed by atoms with Gasteiger partial charge in [0.2, 0.25) is 0 Å². The Bertz CT molecular complexity index is 1110. The number of fused-ring (bicyclic) bond motifs is 1. The highest BCUT2D eigenvalue weighted by atomic mass is 17.2. The zero-order valence-electron chi connectivity index (χ0n) is 22.2. The van der Waals surface area contributed by atoms with Crippen LogP contribution in [0.1, 0.15) is 86.0 Å². The van der Waals surface area contributed by atoms with Crippen LogP contribution in [0.15, 0.2) is 69.6 Å². The first kappa shape index (κ1) is 24.4. The maximum atomic E-state index is 5.91. The predicted molar refractivity (Wildman–Crippen MR) is 135 cm³/mol. The molecule has 36 heavy (non-hydrogen) atoms. The number of allylic oxidation sites excluding steroid dienone is 9. The summed E-state index contributed by atoms with van der Waals surface area (Å²) in [5.41, 5.74) is 7.94. The van der Waals surface area contributed by atoms with Crippen LogP contribution in [0.4, 0.5) is 0 Å². The number of hydrogen-bond donors (Lipinski definition) is 0. The van der Waals surface area contributed by atoms with Crippen molar-refractivity contribution < 1.29 is 28.4 Å². The molecule has 2 atom stereocenters. The molecule has 194 valence electrons. The van der Waals surface area contributed by atoms with E-state index in [1.807, 2.05) is 0 Å². The molecule has 0 N–H and O–H groups in total. The van der Waals surface area contributed by atoms with Crippen molar-refractivity contribution >= 4 is 0 Å². The lowest BCUT2D eigenvalue weighted by atomic mass is 9.88. The molecule has 9 saturated heterocycles. The summed E-state index contributed by atoms with van der Waals surface area (Å²) in [5.74, 6) is -2.60. The van der Waals surface area contributed by atoms with Crippen LogP contribution >= 0.6 is 0 Å². The van der Waals surface area contributed by atoms with Gasteiger partial charge < -0.3 is 9.47 Å². The van der Waals surface area contributed by atoms with Crippen molar-refractivity contribution in [1.29, 1.82) is 0 Å². The highest BCUT2D eigenvalue weighted by molar-refractivity contribution is 5.56. The number of unbranched alkanes of at least 4 members (excludes halogenated alkanes) is 1. The number of ether oxygens (including phenoxy) is 6. The summed E-state index contributed by atoms with van der Waals surface area (Å²) in [6, 6.07) is 0. The first-order valence-electron chi connectivity index (χ1n) is 13.4. The summed E-state index contributed by atoms with van der Waals surface area (Å²) in [5, 5.41) is 0. The fourth-order valence-corrected chi connectivity index (χ4v) is 5.44. The van der Waals surface area contributed by atoms with Gasteiger partial charge in [0.15, 0.2) is 11.3 Å². The minimum absolute atomic E-state index is 0.602. The van der Waals surface area contributed by atoms with Crippen molar-refractivity contribution in [3.63, 3.8) is 0 Å². The molecule has 9 aliphatic rings. The lowest BCUT2D eigenvalue weighted by molar-refractivity contribution is -0.845. The van der Waals surface area contributed by atoms with Crippen LogP contribution in [0, 0.1) is 0 Å². The van der Waals surface area contributed by atoms with Crippen LogP contribution < -0.4 is 0 Å². The zero-order chi connectivity index (χ0) is 25.2. The van der Waals surface area contributed by atoms with Crippen LogP contribution in [0.3, 0.4) is 0 Å². The van der Waals surface area contributed by atoms with Crippen molar-refractivity contribution in [3.05, 3.63) is 69.6 Å². The van der Waals surface area contributed by atoms with E-state index in [-0.39, 0.29) is 0 Å². The summed E-state index contributed by atoms with van der Waals surface area (Å²) in [6.45, 7) is 11.7. The molecule has 0 amide bonds. The molecule has 9 heterocycles. The minimum Gasteiger partial charge on any atom is -0.446 e. The third kappa shape index (κ3) is 3.72. The number of epoxide rings is 2. The largest absolute Gasteiger partial charge is 0.446 e. The van der Waals surface area contributed by atoms with E-state index in [1.165, 1.54) is 34.3 Å². The minimum atomic E-state index is -0.962. The Kier molecular flexibility index (Phi) is 5.78. The quantitative estimate of drug-likeness (QED) is 0.166. The van der Waals surface area contributed by atoms with E-state index in [0.29, 0.717) is 6.61 Å². The average Bonchev–Trinajstić information content (AvgIpc) is 3.61. The Morgan fingerprint density at radius 1 is 0.667 bits per heavy atom. The molecule has 2 unspecified atom stereocenters. The maximum Gasteiger partial charge on any atom is 0.333 e. The Hall–Kier alpha value is -1.96. The Morgan fingerprint density at radius 3 is 1.72 bits per heavy atom. The van der Waals surface area contributed by atoms with Crippen molar-refractivity contribution in [3.8, 4) is 0 Å². The molecule has 6 heteroatoms. The van der Waals surface area contributed by atoms with Crippen molar-refractivity contribution in [1.82, 2.24) is 0 Å². The smallest absolute Gasteiger partial charge is 0.333 e. The normalized spacial score (nSPS) is 38.4. The molecular weight excluding hydrogens is 456 g/mol. The molecule has 9 aliphatic heterocycles. The summed E-state index contributed by atoms with van der Waals surface area (Å²) in [4.78, 5) is 0. The lowest BCUT2D eigenvalue weighted by Gasteiger charge is -2.78. The van der Waals surface area contributed by atoms with Gasteiger partial charge in [-0.1, -0.05) is 52.7 Å². The lowest BCUT2D eigenvalue weighted by Crippen LogP contribution is -2.96. The van der Waals surface area contributed by atoms with E-state index in [0.717, 1.165) is 56.3 Å². The Morgan fingerprint density at radius 2 is 1.22 bits per heavy atom. The van der Waals surface area contributed by atoms with Gasteiger partial charge in [-0.05, 0) is 86.0 Å². The van der Waals surface area contributed by atoms with E-state index in [1.54, 1.807) is 0 Å². The van der Waals surface area contributed by atoms with Gasteiger partial charge in [0.05, 0.1) is 6.61 Å². The Labute approximate surface area is 214 Å². The highest BCUT2D eigenvalue weighted by Crippen LogP contribution is 2.83. The molecule has 6 nitrogen and oxygen atoms in total. The monoisotopic (exact) mass is 494 g/mol. The fraction of sp³-hybridized carbons (Fsp3) is 0.600. The molecule has 0 aromatic rings. The second-order valence-corrected chi connectivity index (χ2v) is 11.2. The summed E-state index contributed by atoms with van der Waals surface area (Å²) < 4.78 is 33.6. The topological polar surface area (TPSA) is 62.0 Å². The summed E-state index contributed by atoms with van der Waals surface area (Å²) in [6.07, 6.45) is 20.6. The predicted octanol–water partition coefficient (Wildman–Crippen LogP) is 6.97. The molecule has 0 aromatic carbocycles. The van der Waals surface area contributed by atoms with E-state index in [9.17, 15) is 0 Å². The van der Waals surface area contributed by atoms with Crippen molar-refractivity contribution in [2.45, 2.75) is 110 Å². The van der Waals surface area contributed by atoms with E-state index >= 15 is 0 Å². The van der Waals surface area contributed by atoms with Gasteiger partial charge in [0.1, 0.15) is 0 Å². The van der Waals surface area contributed by atoms with Crippen LogP contribution in [-0.4, -0.2) is 30.1 Å². The molecule has 2 bridgehead atoms. The molecule has 0 aromatic heterocycles. The van der Waals surface area contributed by atoms with Gasteiger partial charge in [-0.15, -0.1) is 0 Å². The first-order valence-corrected chi connectivity index (χ1v) is 13.4. The summed E-state index contributed by atoms with van der Waals surface area (Å²) >= 11 is 0. The average molecular weight is 495 g/mol. The van der Waals surface area contributed by atoms with Gasteiger partial charge in [-0.3, -0.25) is 18.9 Å². The standard InChI is InChI=1S/C30H38O6/c1-20(2)11-8-14-23(5)16-9-15-21(3)12-6-7-13-22(4)17-10-18-24-19-31-27(24)28(33-27)26(32-28)25-29-34-30(25,35-29)36-29/h11-13,16,18H,6-10,14-15,17,19H2,1-5H3/b21-12+,22-13+,23-16+,24-18+,26-25?. The first-order chi connectivity index (χ1) is 17.2. The van der Waals surface area contributed by atoms with Crippen molar-refractivity contribution in [2.75, 3.05) is 6.61 Å². The third-order valence-corrected chi connectivity index (χ3v) is 7.89. The summed E-state index contributed by atoms with van der Waals surface area (Å²) in [7, 11) is 0. The van der Waals surface area contributed by atoms with Gasteiger partial charge >= 0.3 is 17.7 Å². The molecule has 9 fully saturated rings. The fourth-order valence-electron chi connectivity index (χ4n) is 5.44. The molecule has 2 spiro atoms.